The molecule has 3 aromatic rings. The maximum absolute atomic E-state index is 12.4. The average molecular weight is 371 g/mol. The van der Waals surface area contributed by atoms with Crippen LogP contribution in [0.2, 0.25) is 0 Å². The largest absolute Gasteiger partial charge is 0.295 e. The molecular formula is C17H15BrN4O. The van der Waals surface area contributed by atoms with Gasteiger partial charge in [-0.05, 0) is 43.2 Å². The molecule has 0 atom stereocenters. The van der Waals surface area contributed by atoms with Crippen molar-refractivity contribution >= 4 is 33.7 Å². The summed E-state index contributed by atoms with van der Waals surface area (Å²) in [6, 6.07) is 11.5. The second kappa shape index (κ2) is 6.34. The number of aromatic nitrogens is 2. The zero-order valence-electron chi connectivity index (χ0n) is 12.7. The average Bonchev–Trinajstić information content (AvgIpc) is 2.84. The first-order valence-corrected chi connectivity index (χ1v) is 7.88. The van der Waals surface area contributed by atoms with Crippen LogP contribution in [0.5, 0.6) is 0 Å². The van der Waals surface area contributed by atoms with Crippen molar-refractivity contribution < 1.29 is 4.79 Å². The number of halogens is 1. The molecule has 2 aromatic heterocycles. The monoisotopic (exact) mass is 370 g/mol. The quantitative estimate of drug-likeness (QED) is 0.566. The smallest absolute Gasteiger partial charge is 0.290 e. The van der Waals surface area contributed by atoms with Crippen LogP contribution in [-0.2, 0) is 0 Å². The fraction of sp³-hybridized carbons (Fsp3) is 0.118. The number of hydrogen-bond donors (Lipinski definition) is 1. The number of hydrogen-bond acceptors (Lipinski definition) is 3. The Balaban J connectivity index is 1.82. The highest BCUT2D eigenvalue weighted by Crippen LogP contribution is 2.13. The third kappa shape index (κ3) is 3.32. The number of carbonyl (C=O) groups excluding carboxylic acids is 1. The summed E-state index contributed by atoms with van der Waals surface area (Å²) in [6.07, 6.45) is 3.50. The molecule has 0 aliphatic heterocycles. The molecule has 0 radical (unpaired) electrons. The number of rotatable bonds is 3. The molecular weight excluding hydrogens is 356 g/mol. The third-order valence-corrected chi connectivity index (χ3v) is 3.93. The van der Waals surface area contributed by atoms with Crippen LogP contribution in [0, 0.1) is 13.8 Å². The summed E-state index contributed by atoms with van der Waals surface area (Å²) in [5.41, 5.74) is 6.43. The van der Waals surface area contributed by atoms with Crippen molar-refractivity contribution in [3.8, 4) is 0 Å². The lowest BCUT2D eigenvalue weighted by molar-refractivity contribution is 0.0948. The Kier molecular flexibility index (Phi) is 4.25. The van der Waals surface area contributed by atoms with Gasteiger partial charge in [0, 0.05) is 10.7 Å². The summed E-state index contributed by atoms with van der Waals surface area (Å²) in [5, 5.41) is 4.02. The van der Waals surface area contributed by atoms with Crippen molar-refractivity contribution in [3.63, 3.8) is 0 Å². The molecule has 0 aliphatic carbocycles. The predicted molar refractivity (Wildman–Crippen MR) is 93.9 cm³/mol. The molecule has 1 amide bonds. The number of imidazole rings is 1. The fourth-order valence-electron chi connectivity index (χ4n) is 2.31. The van der Waals surface area contributed by atoms with Gasteiger partial charge in [0.1, 0.15) is 11.3 Å². The normalized spacial score (nSPS) is 11.3. The molecule has 116 valence electrons. The van der Waals surface area contributed by atoms with Crippen molar-refractivity contribution in [2.75, 3.05) is 0 Å². The molecule has 0 aliphatic rings. The lowest BCUT2D eigenvalue weighted by atomic mass is 10.2. The van der Waals surface area contributed by atoms with Gasteiger partial charge in [0.05, 0.1) is 11.9 Å². The van der Waals surface area contributed by atoms with E-state index in [9.17, 15) is 4.79 Å². The molecule has 6 heteroatoms. The molecule has 0 unspecified atom stereocenters. The van der Waals surface area contributed by atoms with E-state index in [0.717, 1.165) is 21.2 Å². The number of benzene rings is 1. The highest BCUT2D eigenvalue weighted by atomic mass is 79.9. The van der Waals surface area contributed by atoms with Gasteiger partial charge in [0.25, 0.3) is 5.91 Å². The van der Waals surface area contributed by atoms with Gasteiger partial charge in [0.15, 0.2) is 0 Å². The molecule has 2 heterocycles. The molecule has 1 aromatic carbocycles. The first kappa shape index (κ1) is 15.4. The zero-order chi connectivity index (χ0) is 16.4. The minimum absolute atomic E-state index is 0.283. The lowest BCUT2D eigenvalue weighted by Gasteiger charge is -2.02. The van der Waals surface area contributed by atoms with E-state index >= 15 is 0 Å². The first-order valence-electron chi connectivity index (χ1n) is 7.09. The van der Waals surface area contributed by atoms with Gasteiger partial charge in [-0.2, -0.15) is 5.10 Å². The Bertz CT molecular complexity index is 897. The maximum Gasteiger partial charge on any atom is 0.290 e. The Hall–Kier alpha value is -2.47. The predicted octanol–water partition coefficient (Wildman–Crippen LogP) is 3.48. The number of nitrogens with zero attached hydrogens (tertiary/aromatic N) is 3. The number of hydrazone groups is 1. The SMILES string of the molecule is Cc1ccc2nc(C)c(C(=O)N/N=C\c3ccc(Br)cc3)n2c1. The summed E-state index contributed by atoms with van der Waals surface area (Å²) in [6.45, 7) is 3.79. The van der Waals surface area contributed by atoms with E-state index in [2.05, 4.69) is 31.4 Å². The van der Waals surface area contributed by atoms with Crippen LogP contribution in [0.3, 0.4) is 0 Å². The van der Waals surface area contributed by atoms with Gasteiger partial charge in [0.2, 0.25) is 0 Å². The molecule has 0 saturated carbocycles. The molecule has 0 fully saturated rings. The minimum Gasteiger partial charge on any atom is -0.295 e. The number of fused-ring (bicyclic) bond motifs is 1. The second-order valence-electron chi connectivity index (χ2n) is 5.23. The summed E-state index contributed by atoms with van der Waals surface area (Å²) in [7, 11) is 0. The van der Waals surface area contributed by atoms with Crippen LogP contribution in [0.25, 0.3) is 5.65 Å². The highest BCUT2D eigenvalue weighted by molar-refractivity contribution is 9.10. The standard InChI is InChI=1S/C17H15BrN4O/c1-11-3-8-15-20-12(2)16(22(15)10-11)17(23)21-19-9-13-4-6-14(18)7-5-13/h3-10H,1-2H3,(H,21,23)/b19-9-. The van der Waals surface area contributed by atoms with Crippen molar-refractivity contribution in [2.45, 2.75) is 13.8 Å². The van der Waals surface area contributed by atoms with Gasteiger partial charge in [-0.1, -0.05) is 34.1 Å². The van der Waals surface area contributed by atoms with Crippen LogP contribution in [0.4, 0.5) is 0 Å². The summed E-state index contributed by atoms with van der Waals surface area (Å²) >= 11 is 3.38. The van der Waals surface area contributed by atoms with Crippen molar-refractivity contribution in [3.05, 3.63) is 69.6 Å². The van der Waals surface area contributed by atoms with E-state index in [1.165, 1.54) is 0 Å². The maximum atomic E-state index is 12.4. The molecule has 0 bridgehead atoms. The van der Waals surface area contributed by atoms with Gasteiger partial charge >= 0.3 is 0 Å². The zero-order valence-corrected chi connectivity index (χ0v) is 14.3. The van der Waals surface area contributed by atoms with E-state index < -0.39 is 0 Å². The Morgan fingerprint density at radius 1 is 1.22 bits per heavy atom. The molecule has 1 N–H and O–H groups in total. The highest BCUT2D eigenvalue weighted by Gasteiger charge is 2.15. The van der Waals surface area contributed by atoms with Crippen molar-refractivity contribution in [1.82, 2.24) is 14.8 Å². The Morgan fingerprint density at radius 3 is 2.70 bits per heavy atom. The summed E-state index contributed by atoms with van der Waals surface area (Å²) in [5.74, 6) is -0.283. The van der Waals surface area contributed by atoms with Crippen LogP contribution in [0.15, 0.2) is 52.2 Å². The van der Waals surface area contributed by atoms with Crippen LogP contribution < -0.4 is 5.43 Å². The minimum atomic E-state index is -0.283. The molecule has 5 nitrogen and oxygen atoms in total. The topological polar surface area (TPSA) is 58.8 Å². The Morgan fingerprint density at radius 2 is 1.96 bits per heavy atom. The van der Waals surface area contributed by atoms with Crippen LogP contribution in [0.1, 0.15) is 27.3 Å². The molecule has 3 rings (SSSR count). The van der Waals surface area contributed by atoms with Gasteiger partial charge < -0.3 is 0 Å². The number of carbonyl (C=O) groups is 1. The molecule has 23 heavy (non-hydrogen) atoms. The summed E-state index contributed by atoms with van der Waals surface area (Å²) in [4.78, 5) is 16.8. The van der Waals surface area contributed by atoms with Crippen molar-refractivity contribution in [2.24, 2.45) is 5.10 Å². The van der Waals surface area contributed by atoms with Crippen LogP contribution >= 0.6 is 15.9 Å². The third-order valence-electron chi connectivity index (χ3n) is 3.41. The van der Waals surface area contributed by atoms with E-state index in [1.54, 1.807) is 10.6 Å². The van der Waals surface area contributed by atoms with Crippen molar-refractivity contribution in [1.29, 1.82) is 0 Å². The van der Waals surface area contributed by atoms with Gasteiger partial charge in [-0.15, -0.1) is 0 Å². The van der Waals surface area contributed by atoms with E-state index in [0.29, 0.717) is 11.4 Å². The number of pyridine rings is 1. The molecule has 0 spiro atoms. The Labute approximate surface area is 142 Å². The summed E-state index contributed by atoms with van der Waals surface area (Å²) < 4.78 is 2.78. The van der Waals surface area contributed by atoms with E-state index in [1.807, 2.05) is 56.4 Å². The van der Waals surface area contributed by atoms with Gasteiger partial charge in [-0.25, -0.2) is 10.4 Å². The second-order valence-corrected chi connectivity index (χ2v) is 6.15. The number of aryl methyl sites for hydroxylation is 2. The van der Waals surface area contributed by atoms with E-state index in [-0.39, 0.29) is 5.91 Å². The molecule has 0 saturated heterocycles. The fourth-order valence-corrected chi connectivity index (χ4v) is 2.57. The van der Waals surface area contributed by atoms with Crippen LogP contribution in [-0.4, -0.2) is 21.5 Å². The number of nitrogens with one attached hydrogen (secondary N) is 1. The van der Waals surface area contributed by atoms with E-state index in [4.69, 9.17) is 0 Å². The van der Waals surface area contributed by atoms with Gasteiger partial charge in [-0.3, -0.25) is 9.20 Å². The first-order chi connectivity index (χ1) is 11.0. The number of amides is 1. The lowest BCUT2D eigenvalue weighted by Crippen LogP contribution is -2.20.